The second kappa shape index (κ2) is 8.14. The monoisotopic (exact) mass is 299 g/mol. The number of nitrogens with one attached hydrogen (secondary N) is 3. The molecule has 0 bridgehead atoms. The summed E-state index contributed by atoms with van der Waals surface area (Å²) in [6.07, 6.45) is 1.18. The van der Waals surface area contributed by atoms with Crippen molar-refractivity contribution in [3.05, 3.63) is 42.5 Å². The molecule has 5 nitrogen and oxygen atoms in total. The fourth-order valence-electron chi connectivity index (χ4n) is 2.22. The summed E-state index contributed by atoms with van der Waals surface area (Å²) in [7, 11) is 1.84. The van der Waals surface area contributed by atoms with Gasteiger partial charge < -0.3 is 16.0 Å². The number of fused-ring (bicyclic) bond motifs is 1. The number of hydrogen-bond donors (Lipinski definition) is 3. The molecule has 5 heteroatoms. The van der Waals surface area contributed by atoms with Gasteiger partial charge in [-0.1, -0.05) is 36.4 Å². The van der Waals surface area contributed by atoms with Crippen molar-refractivity contribution in [1.29, 1.82) is 0 Å². The van der Waals surface area contributed by atoms with Gasteiger partial charge in [-0.3, -0.25) is 9.59 Å². The molecular formula is C17H21N3O2. The maximum Gasteiger partial charge on any atom is 0.243 e. The lowest BCUT2D eigenvalue weighted by Crippen LogP contribution is -2.33. The fourth-order valence-corrected chi connectivity index (χ4v) is 2.22. The van der Waals surface area contributed by atoms with Crippen molar-refractivity contribution in [2.75, 3.05) is 25.5 Å². The van der Waals surface area contributed by atoms with Gasteiger partial charge in [0.15, 0.2) is 0 Å². The average Bonchev–Trinajstić information content (AvgIpc) is 2.54. The van der Waals surface area contributed by atoms with Gasteiger partial charge in [0, 0.05) is 17.5 Å². The van der Waals surface area contributed by atoms with Crippen molar-refractivity contribution in [3.8, 4) is 0 Å². The summed E-state index contributed by atoms with van der Waals surface area (Å²) in [4.78, 5) is 23.5. The normalized spacial score (nSPS) is 10.4. The summed E-state index contributed by atoms with van der Waals surface area (Å²) in [6.45, 7) is 0.775. The Morgan fingerprint density at radius 1 is 1.00 bits per heavy atom. The van der Waals surface area contributed by atoms with Gasteiger partial charge >= 0.3 is 0 Å². The van der Waals surface area contributed by atoms with E-state index in [1.165, 1.54) is 0 Å². The third kappa shape index (κ3) is 4.56. The van der Waals surface area contributed by atoms with E-state index in [9.17, 15) is 9.59 Å². The van der Waals surface area contributed by atoms with Crippen molar-refractivity contribution >= 4 is 28.3 Å². The van der Waals surface area contributed by atoms with Gasteiger partial charge in [-0.15, -0.1) is 0 Å². The van der Waals surface area contributed by atoms with E-state index >= 15 is 0 Å². The molecule has 2 amide bonds. The summed E-state index contributed by atoms with van der Waals surface area (Å²) < 4.78 is 0. The highest BCUT2D eigenvalue weighted by Crippen LogP contribution is 2.22. The standard InChI is InChI=1S/C17H21N3O2/c1-18-11-5-10-16(21)19-12-17(22)20-15-9-4-7-13-6-2-3-8-14(13)15/h2-4,6-9,18H,5,10-12H2,1H3,(H,19,21)(H,20,22). The predicted octanol–water partition coefficient (Wildman–Crippen LogP) is 1.89. The maximum absolute atomic E-state index is 12.0. The van der Waals surface area contributed by atoms with E-state index in [4.69, 9.17) is 0 Å². The highest BCUT2D eigenvalue weighted by atomic mass is 16.2. The van der Waals surface area contributed by atoms with Crippen LogP contribution in [0.1, 0.15) is 12.8 Å². The summed E-state index contributed by atoms with van der Waals surface area (Å²) in [5, 5.41) is 10.5. The first kappa shape index (κ1) is 16.0. The first-order chi connectivity index (χ1) is 10.7. The van der Waals surface area contributed by atoms with Crippen LogP contribution in [0.5, 0.6) is 0 Å². The van der Waals surface area contributed by atoms with E-state index in [0.717, 1.165) is 29.4 Å². The third-order valence-corrected chi connectivity index (χ3v) is 3.34. The molecule has 0 radical (unpaired) electrons. The van der Waals surface area contributed by atoms with Crippen LogP contribution < -0.4 is 16.0 Å². The highest BCUT2D eigenvalue weighted by Gasteiger charge is 2.07. The molecular weight excluding hydrogens is 278 g/mol. The van der Waals surface area contributed by atoms with E-state index in [-0.39, 0.29) is 18.4 Å². The molecule has 22 heavy (non-hydrogen) atoms. The van der Waals surface area contributed by atoms with Crippen molar-refractivity contribution < 1.29 is 9.59 Å². The molecule has 0 aliphatic heterocycles. The number of rotatable bonds is 7. The second-order valence-electron chi connectivity index (χ2n) is 5.06. The lowest BCUT2D eigenvalue weighted by molar-refractivity contribution is -0.124. The molecule has 0 aliphatic rings. The Bertz CT molecular complexity index is 650. The molecule has 0 aromatic heterocycles. The fraction of sp³-hybridized carbons (Fsp3) is 0.294. The van der Waals surface area contributed by atoms with Gasteiger partial charge in [-0.2, -0.15) is 0 Å². The smallest absolute Gasteiger partial charge is 0.243 e. The molecule has 0 unspecified atom stereocenters. The number of carbonyl (C=O) groups excluding carboxylic acids is 2. The predicted molar refractivity (Wildman–Crippen MR) is 88.7 cm³/mol. The molecule has 2 aromatic rings. The van der Waals surface area contributed by atoms with Gasteiger partial charge in [-0.25, -0.2) is 0 Å². The molecule has 2 rings (SSSR count). The lowest BCUT2D eigenvalue weighted by atomic mass is 10.1. The SMILES string of the molecule is CNCCCC(=O)NCC(=O)Nc1cccc2ccccc12. The van der Waals surface area contributed by atoms with Crippen molar-refractivity contribution in [2.24, 2.45) is 0 Å². The number of hydrogen-bond acceptors (Lipinski definition) is 3. The largest absolute Gasteiger partial charge is 0.347 e. The van der Waals surface area contributed by atoms with Gasteiger partial charge in [0.2, 0.25) is 11.8 Å². The van der Waals surface area contributed by atoms with Crippen LogP contribution in [-0.4, -0.2) is 32.0 Å². The zero-order valence-electron chi connectivity index (χ0n) is 12.7. The molecule has 0 saturated carbocycles. The molecule has 0 heterocycles. The minimum atomic E-state index is -0.224. The molecule has 0 saturated heterocycles. The number of carbonyl (C=O) groups is 2. The van der Waals surface area contributed by atoms with E-state index in [1.807, 2.05) is 49.5 Å². The minimum absolute atomic E-state index is 0.0123. The summed E-state index contributed by atoms with van der Waals surface area (Å²) >= 11 is 0. The zero-order chi connectivity index (χ0) is 15.8. The lowest BCUT2D eigenvalue weighted by Gasteiger charge is -2.09. The zero-order valence-corrected chi connectivity index (χ0v) is 12.7. The minimum Gasteiger partial charge on any atom is -0.347 e. The Morgan fingerprint density at radius 3 is 2.59 bits per heavy atom. The molecule has 3 N–H and O–H groups in total. The van der Waals surface area contributed by atoms with E-state index in [0.29, 0.717) is 6.42 Å². The molecule has 116 valence electrons. The quantitative estimate of drug-likeness (QED) is 0.684. The van der Waals surface area contributed by atoms with Crippen molar-refractivity contribution in [3.63, 3.8) is 0 Å². The molecule has 0 fully saturated rings. The molecule has 0 aliphatic carbocycles. The van der Waals surface area contributed by atoms with Gasteiger partial charge in [0.05, 0.1) is 6.54 Å². The van der Waals surface area contributed by atoms with E-state index < -0.39 is 0 Å². The van der Waals surface area contributed by atoms with Crippen LogP contribution in [0, 0.1) is 0 Å². The summed E-state index contributed by atoms with van der Waals surface area (Å²) in [5.41, 5.74) is 0.757. The topological polar surface area (TPSA) is 70.2 Å². The number of anilines is 1. The Labute approximate surface area is 130 Å². The van der Waals surface area contributed by atoms with E-state index in [2.05, 4.69) is 16.0 Å². The first-order valence-corrected chi connectivity index (χ1v) is 7.39. The van der Waals surface area contributed by atoms with Crippen molar-refractivity contribution in [2.45, 2.75) is 12.8 Å². The second-order valence-corrected chi connectivity index (χ2v) is 5.06. The first-order valence-electron chi connectivity index (χ1n) is 7.39. The van der Waals surface area contributed by atoms with Crippen LogP contribution >= 0.6 is 0 Å². The van der Waals surface area contributed by atoms with Crippen LogP contribution in [-0.2, 0) is 9.59 Å². The van der Waals surface area contributed by atoms with E-state index in [1.54, 1.807) is 0 Å². The Balaban J connectivity index is 1.87. The Kier molecular flexibility index (Phi) is 5.91. The third-order valence-electron chi connectivity index (χ3n) is 3.34. The van der Waals surface area contributed by atoms with Crippen LogP contribution in [0.4, 0.5) is 5.69 Å². The molecule has 2 aromatic carbocycles. The van der Waals surface area contributed by atoms with Crippen LogP contribution in [0.25, 0.3) is 10.8 Å². The number of amides is 2. The van der Waals surface area contributed by atoms with Gasteiger partial charge in [0.1, 0.15) is 0 Å². The van der Waals surface area contributed by atoms with Crippen LogP contribution in [0.3, 0.4) is 0 Å². The summed E-state index contributed by atoms with van der Waals surface area (Å²) in [6, 6.07) is 13.6. The Morgan fingerprint density at radius 2 is 1.77 bits per heavy atom. The van der Waals surface area contributed by atoms with Gasteiger partial charge in [0.25, 0.3) is 0 Å². The number of benzene rings is 2. The average molecular weight is 299 g/mol. The maximum atomic E-state index is 12.0. The highest BCUT2D eigenvalue weighted by molar-refractivity contribution is 6.03. The van der Waals surface area contributed by atoms with Gasteiger partial charge in [-0.05, 0) is 31.5 Å². The van der Waals surface area contributed by atoms with Crippen LogP contribution in [0.15, 0.2) is 42.5 Å². The molecule has 0 spiro atoms. The van der Waals surface area contributed by atoms with Crippen LogP contribution in [0.2, 0.25) is 0 Å². The molecule has 0 atom stereocenters. The summed E-state index contributed by atoms with van der Waals surface area (Å²) in [5.74, 6) is -0.332. The van der Waals surface area contributed by atoms with Crippen molar-refractivity contribution in [1.82, 2.24) is 10.6 Å². The Hall–Kier alpha value is -2.40.